The quantitative estimate of drug-likeness (QED) is 0.757. The Morgan fingerprint density at radius 1 is 1.17 bits per heavy atom. The van der Waals surface area contributed by atoms with Crippen LogP contribution in [0.25, 0.3) is 0 Å². The monoisotopic (exact) mass is 248 g/mol. The number of ketones is 1. The Morgan fingerprint density at radius 2 is 1.83 bits per heavy atom. The fraction of sp³-hybridized carbons (Fsp3) is 0.562. The third kappa shape index (κ3) is 4.26. The number of carbonyl (C=O) groups is 1. The Kier molecular flexibility index (Phi) is 6.66. The van der Waals surface area contributed by atoms with E-state index < -0.39 is 6.10 Å². The number of unbranched alkanes of at least 4 members (excludes halogenated alkanes) is 1. The zero-order valence-corrected chi connectivity index (χ0v) is 11.4. The summed E-state index contributed by atoms with van der Waals surface area (Å²) in [6.45, 7) is 4.13. The van der Waals surface area contributed by atoms with Crippen molar-refractivity contribution < 1.29 is 9.90 Å². The third-order valence-electron chi connectivity index (χ3n) is 3.31. The van der Waals surface area contributed by atoms with Crippen molar-refractivity contribution in [3.63, 3.8) is 0 Å². The SMILES string of the molecule is CCCCC(=O)C(CCC)C(O)c1ccccc1. The number of Topliss-reactive ketones (excluding diaryl/α,β-unsaturated/α-hetero) is 1. The highest BCUT2D eigenvalue weighted by Gasteiger charge is 2.26. The first kappa shape index (κ1) is 14.9. The van der Waals surface area contributed by atoms with Crippen LogP contribution < -0.4 is 0 Å². The van der Waals surface area contributed by atoms with Gasteiger partial charge in [0.25, 0.3) is 0 Å². The lowest BCUT2D eigenvalue weighted by Gasteiger charge is -2.21. The Bertz CT molecular complexity index is 345. The molecule has 0 aliphatic carbocycles. The molecular weight excluding hydrogens is 224 g/mol. The topological polar surface area (TPSA) is 37.3 Å². The summed E-state index contributed by atoms with van der Waals surface area (Å²) >= 11 is 0. The zero-order chi connectivity index (χ0) is 13.4. The van der Waals surface area contributed by atoms with Crippen LogP contribution in [-0.4, -0.2) is 10.9 Å². The van der Waals surface area contributed by atoms with Crippen LogP contribution in [0, 0.1) is 5.92 Å². The second kappa shape index (κ2) is 8.04. The minimum absolute atomic E-state index is 0.204. The molecule has 18 heavy (non-hydrogen) atoms. The Labute approximate surface area is 110 Å². The lowest BCUT2D eigenvalue weighted by Crippen LogP contribution is -2.22. The van der Waals surface area contributed by atoms with E-state index in [1.807, 2.05) is 30.3 Å². The fourth-order valence-electron chi connectivity index (χ4n) is 2.22. The summed E-state index contributed by atoms with van der Waals surface area (Å²) in [5.41, 5.74) is 0.848. The molecule has 0 amide bonds. The van der Waals surface area contributed by atoms with Crippen LogP contribution in [0.5, 0.6) is 0 Å². The van der Waals surface area contributed by atoms with E-state index >= 15 is 0 Å². The first-order chi connectivity index (χ1) is 8.70. The molecule has 0 saturated carbocycles. The first-order valence-corrected chi connectivity index (χ1v) is 6.96. The molecule has 1 aromatic rings. The second-order valence-electron chi connectivity index (χ2n) is 4.82. The van der Waals surface area contributed by atoms with Crippen molar-refractivity contribution >= 4 is 5.78 Å². The Balaban J connectivity index is 2.74. The van der Waals surface area contributed by atoms with Gasteiger partial charge in [-0.05, 0) is 18.4 Å². The first-order valence-electron chi connectivity index (χ1n) is 6.96. The summed E-state index contributed by atoms with van der Waals surface area (Å²) in [4.78, 5) is 12.1. The van der Waals surface area contributed by atoms with Crippen LogP contribution in [0.4, 0.5) is 0 Å². The highest BCUT2D eigenvalue weighted by molar-refractivity contribution is 5.81. The highest BCUT2D eigenvalue weighted by Crippen LogP contribution is 2.27. The molecule has 0 aliphatic rings. The maximum absolute atomic E-state index is 12.1. The van der Waals surface area contributed by atoms with Gasteiger partial charge in [0.1, 0.15) is 5.78 Å². The highest BCUT2D eigenvalue weighted by atomic mass is 16.3. The molecular formula is C16H24O2. The summed E-state index contributed by atoms with van der Waals surface area (Å²) < 4.78 is 0. The summed E-state index contributed by atoms with van der Waals surface area (Å²) in [6.07, 6.45) is 3.55. The standard InChI is InChI=1S/C16H24O2/c1-3-5-12-15(17)14(9-4-2)16(18)13-10-7-6-8-11-13/h6-8,10-11,14,16,18H,3-5,9,12H2,1-2H3. The molecule has 1 N–H and O–H groups in total. The maximum atomic E-state index is 12.1. The van der Waals surface area contributed by atoms with E-state index in [2.05, 4.69) is 13.8 Å². The van der Waals surface area contributed by atoms with Crippen molar-refractivity contribution in [2.45, 2.75) is 52.1 Å². The predicted molar refractivity (Wildman–Crippen MR) is 74.3 cm³/mol. The number of hydrogen-bond acceptors (Lipinski definition) is 2. The van der Waals surface area contributed by atoms with Gasteiger partial charge >= 0.3 is 0 Å². The molecule has 0 aromatic heterocycles. The molecule has 1 rings (SSSR count). The fourth-order valence-corrected chi connectivity index (χ4v) is 2.22. The molecule has 2 heteroatoms. The average Bonchev–Trinajstić information content (AvgIpc) is 2.42. The second-order valence-corrected chi connectivity index (χ2v) is 4.82. The van der Waals surface area contributed by atoms with Gasteiger partial charge in [0.2, 0.25) is 0 Å². The summed E-state index contributed by atoms with van der Waals surface area (Å²) in [6, 6.07) is 9.50. The molecule has 1 aromatic carbocycles. The van der Waals surface area contributed by atoms with Gasteiger partial charge < -0.3 is 5.11 Å². The number of hydrogen-bond donors (Lipinski definition) is 1. The molecule has 0 fully saturated rings. The summed E-state index contributed by atoms with van der Waals surface area (Å²) in [7, 11) is 0. The van der Waals surface area contributed by atoms with E-state index in [0.717, 1.165) is 31.2 Å². The van der Waals surface area contributed by atoms with Crippen molar-refractivity contribution in [1.29, 1.82) is 0 Å². The molecule has 2 unspecified atom stereocenters. The van der Waals surface area contributed by atoms with Gasteiger partial charge in [-0.1, -0.05) is 57.0 Å². The smallest absolute Gasteiger partial charge is 0.138 e. The number of benzene rings is 1. The molecule has 0 heterocycles. The van der Waals surface area contributed by atoms with Gasteiger partial charge in [0, 0.05) is 12.3 Å². The lowest BCUT2D eigenvalue weighted by atomic mass is 9.86. The molecule has 2 nitrogen and oxygen atoms in total. The van der Waals surface area contributed by atoms with Gasteiger partial charge in [-0.2, -0.15) is 0 Å². The van der Waals surface area contributed by atoms with Crippen LogP contribution in [0.2, 0.25) is 0 Å². The van der Waals surface area contributed by atoms with Crippen molar-refractivity contribution in [3.8, 4) is 0 Å². The van der Waals surface area contributed by atoms with Crippen molar-refractivity contribution in [3.05, 3.63) is 35.9 Å². The molecule has 0 spiro atoms. The maximum Gasteiger partial charge on any atom is 0.138 e. The summed E-state index contributed by atoms with van der Waals surface area (Å²) in [5.74, 6) is -0.0426. The van der Waals surface area contributed by atoms with Crippen LogP contribution in [0.3, 0.4) is 0 Å². The van der Waals surface area contributed by atoms with E-state index in [9.17, 15) is 9.90 Å². The van der Waals surface area contributed by atoms with Gasteiger partial charge in [-0.25, -0.2) is 0 Å². The van der Waals surface area contributed by atoms with Gasteiger partial charge in [0.05, 0.1) is 6.10 Å². The van der Waals surface area contributed by atoms with Crippen molar-refractivity contribution in [2.24, 2.45) is 5.92 Å². The zero-order valence-electron chi connectivity index (χ0n) is 11.4. The van der Waals surface area contributed by atoms with Crippen molar-refractivity contribution in [1.82, 2.24) is 0 Å². The van der Waals surface area contributed by atoms with Crippen LogP contribution in [0.15, 0.2) is 30.3 Å². The van der Waals surface area contributed by atoms with E-state index in [0.29, 0.717) is 6.42 Å². The number of carbonyl (C=O) groups excluding carboxylic acids is 1. The molecule has 100 valence electrons. The van der Waals surface area contributed by atoms with E-state index in [1.54, 1.807) is 0 Å². The van der Waals surface area contributed by atoms with E-state index in [1.165, 1.54) is 0 Å². The van der Waals surface area contributed by atoms with E-state index in [-0.39, 0.29) is 11.7 Å². The Morgan fingerprint density at radius 3 is 2.39 bits per heavy atom. The molecule has 0 bridgehead atoms. The normalized spacial score (nSPS) is 14.2. The molecule has 0 saturated heterocycles. The molecule has 2 atom stereocenters. The summed E-state index contributed by atoms with van der Waals surface area (Å²) in [5, 5.41) is 10.4. The largest absolute Gasteiger partial charge is 0.388 e. The van der Waals surface area contributed by atoms with E-state index in [4.69, 9.17) is 0 Å². The minimum Gasteiger partial charge on any atom is -0.388 e. The van der Waals surface area contributed by atoms with Crippen LogP contribution in [0.1, 0.15) is 57.6 Å². The molecule has 0 aliphatic heterocycles. The van der Waals surface area contributed by atoms with Gasteiger partial charge in [0.15, 0.2) is 0 Å². The Hall–Kier alpha value is -1.15. The minimum atomic E-state index is -0.657. The predicted octanol–water partition coefficient (Wildman–Crippen LogP) is 3.90. The number of aliphatic hydroxyl groups is 1. The average molecular weight is 248 g/mol. The van der Waals surface area contributed by atoms with Crippen LogP contribution >= 0.6 is 0 Å². The van der Waals surface area contributed by atoms with Crippen molar-refractivity contribution in [2.75, 3.05) is 0 Å². The number of rotatable bonds is 8. The van der Waals surface area contributed by atoms with Gasteiger partial charge in [-0.3, -0.25) is 4.79 Å². The van der Waals surface area contributed by atoms with Crippen LogP contribution in [-0.2, 0) is 4.79 Å². The third-order valence-corrected chi connectivity index (χ3v) is 3.31. The molecule has 0 radical (unpaired) electrons. The number of aliphatic hydroxyl groups excluding tert-OH is 1. The lowest BCUT2D eigenvalue weighted by molar-refractivity contribution is -0.127. The van der Waals surface area contributed by atoms with Gasteiger partial charge in [-0.15, -0.1) is 0 Å².